The summed E-state index contributed by atoms with van der Waals surface area (Å²) in [6.45, 7) is 0.214. The average Bonchev–Trinajstić information content (AvgIpc) is 2.82. The number of nitrogen functional groups attached to an aromatic ring is 1. The molecule has 2 heterocycles. The van der Waals surface area contributed by atoms with Crippen LogP contribution in [0.1, 0.15) is 25.7 Å². The number of fused-ring (bicyclic) bond motifs is 1. The molecule has 0 spiro atoms. The Morgan fingerprint density at radius 3 is 3.05 bits per heavy atom. The third-order valence-corrected chi connectivity index (χ3v) is 4.49. The fourth-order valence-corrected chi connectivity index (χ4v) is 3.19. The number of hydrogen-bond acceptors (Lipinski definition) is 5. The lowest BCUT2D eigenvalue weighted by Crippen LogP contribution is -2.34. The van der Waals surface area contributed by atoms with Crippen molar-refractivity contribution in [3.63, 3.8) is 0 Å². The van der Waals surface area contributed by atoms with Crippen molar-refractivity contribution in [1.29, 1.82) is 0 Å². The molecule has 0 bridgehead atoms. The number of aliphatic hydroxyl groups is 1. The van der Waals surface area contributed by atoms with Gasteiger partial charge in [0.2, 0.25) is 0 Å². The lowest BCUT2D eigenvalue weighted by Gasteiger charge is -2.31. The van der Waals surface area contributed by atoms with Gasteiger partial charge in [-0.3, -0.25) is 0 Å². The maximum Gasteiger partial charge on any atom is 0.173 e. The number of aromatic nitrogens is 3. The number of aliphatic hydroxyl groups excluding tert-OH is 1. The van der Waals surface area contributed by atoms with Gasteiger partial charge in [-0.05, 0) is 28.8 Å². The van der Waals surface area contributed by atoms with Gasteiger partial charge in [0, 0.05) is 24.6 Å². The highest BCUT2D eigenvalue weighted by atomic mass is 79.9. The standard InChI is InChI=1S/C13H18BrN5O/c14-9-6-16-19-11(15)5-12(18-13(9)19)17-10-4-2-1-3-8(10)7-20/h5-6,8,10,20H,1-4,7,15H2,(H,17,18)/t8-,10-/m0/s1. The summed E-state index contributed by atoms with van der Waals surface area (Å²) in [5.41, 5.74) is 6.69. The molecule has 108 valence electrons. The zero-order valence-corrected chi connectivity index (χ0v) is 12.7. The molecule has 1 aliphatic rings. The molecule has 0 aromatic carbocycles. The van der Waals surface area contributed by atoms with Crippen LogP contribution < -0.4 is 11.1 Å². The number of hydrogen-bond donors (Lipinski definition) is 3. The van der Waals surface area contributed by atoms with Gasteiger partial charge in [0.05, 0.1) is 10.7 Å². The van der Waals surface area contributed by atoms with Crippen LogP contribution in [0.15, 0.2) is 16.7 Å². The predicted molar refractivity (Wildman–Crippen MR) is 81.6 cm³/mol. The molecule has 20 heavy (non-hydrogen) atoms. The zero-order valence-electron chi connectivity index (χ0n) is 11.1. The van der Waals surface area contributed by atoms with Crippen LogP contribution >= 0.6 is 15.9 Å². The predicted octanol–water partition coefficient (Wildman–Crippen LogP) is 2.04. The van der Waals surface area contributed by atoms with Crippen LogP contribution in [0.25, 0.3) is 5.65 Å². The average molecular weight is 340 g/mol. The first kappa shape index (κ1) is 13.6. The van der Waals surface area contributed by atoms with Crippen molar-refractivity contribution >= 4 is 33.2 Å². The second kappa shape index (κ2) is 5.57. The number of anilines is 2. The highest BCUT2D eigenvalue weighted by Crippen LogP contribution is 2.28. The number of nitrogens with zero attached hydrogens (tertiary/aromatic N) is 3. The van der Waals surface area contributed by atoms with Gasteiger partial charge in [0.1, 0.15) is 11.6 Å². The van der Waals surface area contributed by atoms with E-state index in [2.05, 4.69) is 31.3 Å². The zero-order chi connectivity index (χ0) is 14.1. The van der Waals surface area contributed by atoms with Crippen LogP contribution in [-0.2, 0) is 0 Å². The van der Waals surface area contributed by atoms with Crippen LogP contribution in [0.2, 0.25) is 0 Å². The van der Waals surface area contributed by atoms with Crippen molar-refractivity contribution < 1.29 is 5.11 Å². The molecule has 0 aliphatic heterocycles. The summed E-state index contributed by atoms with van der Waals surface area (Å²) in [5, 5.41) is 17.0. The van der Waals surface area contributed by atoms with Gasteiger partial charge in [-0.25, -0.2) is 4.98 Å². The van der Waals surface area contributed by atoms with E-state index in [-0.39, 0.29) is 18.6 Å². The highest BCUT2D eigenvalue weighted by molar-refractivity contribution is 9.10. The van der Waals surface area contributed by atoms with Crippen molar-refractivity contribution in [2.45, 2.75) is 31.7 Å². The molecule has 0 radical (unpaired) electrons. The summed E-state index contributed by atoms with van der Waals surface area (Å²) in [5.74, 6) is 1.57. The molecule has 4 N–H and O–H groups in total. The molecule has 2 aromatic heterocycles. The summed E-state index contributed by atoms with van der Waals surface area (Å²) in [6, 6.07) is 2.04. The Labute approximate surface area is 125 Å². The lowest BCUT2D eigenvalue weighted by molar-refractivity contribution is 0.178. The van der Waals surface area contributed by atoms with Crippen molar-refractivity contribution in [2.75, 3.05) is 17.7 Å². The third kappa shape index (κ3) is 2.47. The van der Waals surface area contributed by atoms with Crippen molar-refractivity contribution in [3.8, 4) is 0 Å². The maximum atomic E-state index is 9.47. The summed E-state index contributed by atoms with van der Waals surface area (Å²) in [7, 11) is 0. The molecule has 2 aromatic rings. The van der Waals surface area contributed by atoms with Crippen LogP contribution in [-0.4, -0.2) is 32.4 Å². The maximum absolute atomic E-state index is 9.47. The van der Waals surface area contributed by atoms with Crippen LogP contribution in [0.3, 0.4) is 0 Å². The smallest absolute Gasteiger partial charge is 0.173 e. The number of halogens is 1. The molecular formula is C13H18BrN5O. The normalized spacial score (nSPS) is 23.1. The Morgan fingerprint density at radius 1 is 1.45 bits per heavy atom. The van der Waals surface area contributed by atoms with Crippen molar-refractivity contribution in [1.82, 2.24) is 14.6 Å². The van der Waals surface area contributed by atoms with Gasteiger partial charge in [0.25, 0.3) is 0 Å². The van der Waals surface area contributed by atoms with Crippen molar-refractivity contribution in [3.05, 3.63) is 16.7 Å². The Kier molecular flexibility index (Phi) is 3.80. The Morgan fingerprint density at radius 2 is 2.25 bits per heavy atom. The van der Waals surface area contributed by atoms with Gasteiger partial charge in [0.15, 0.2) is 5.65 Å². The minimum Gasteiger partial charge on any atom is -0.396 e. The molecule has 1 fully saturated rings. The second-order valence-electron chi connectivity index (χ2n) is 5.27. The Hall–Kier alpha value is -1.34. The van der Waals surface area contributed by atoms with E-state index in [0.29, 0.717) is 11.5 Å². The first-order valence-electron chi connectivity index (χ1n) is 6.86. The summed E-state index contributed by atoms with van der Waals surface area (Å²) >= 11 is 3.42. The molecule has 1 aliphatic carbocycles. The lowest BCUT2D eigenvalue weighted by atomic mass is 9.85. The van der Waals surface area contributed by atoms with E-state index >= 15 is 0 Å². The van der Waals surface area contributed by atoms with Crippen LogP contribution in [0.5, 0.6) is 0 Å². The highest BCUT2D eigenvalue weighted by Gasteiger charge is 2.25. The van der Waals surface area contributed by atoms with Gasteiger partial charge in [-0.2, -0.15) is 9.61 Å². The molecule has 6 nitrogen and oxygen atoms in total. The van der Waals surface area contributed by atoms with Gasteiger partial charge in [-0.1, -0.05) is 12.8 Å². The molecule has 1 saturated carbocycles. The first-order valence-corrected chi connectivity index (χ1v) is 7.65. The molecular weight excluding hydrogens is 322 g/mol. The summed E-state index contributed by atoms with van der Waals surface area (Å²) < 4.78 is 2.41. The largest absolute Gasteiger partial charge is 0.396 e. The first-order chi connectivity index (χ1) is 9.69. The number of rotatable bonds is 3. The summed E-state index contributed by atoms with van der Waals surface area (Å²) in [4.78, 5) is 4.54. The molecule has 2 atom stereocenters. The fourth-order valence-electron chi connectivity index (χ4n) is 2.84. The Bertz CT molecular complexity index is 614. The van der Waals surface area contributed by atoms with Crippen LogP contribution in [0, 0.1) is 5.92 Å². The molecule has 7 heteroatoms. The molecule has 0 amide bonds. The SMILES string of the molecule is Nc1cc(N[C@H]2CCCC[C@H]2CO)nc2c(Br)cnn12. The molecule has 0 unspecified atom stereocenters. The topological polar surface area (TPSA) is 88.5 Å². The summed E-state index contributed by atoms with van der Waals surface area (Å²) in [6.07, 6.45) is 6.16. The van der Waals surface area contributed by atoms with Gasteiger partial charge < -0.3 is 16.2 Å². The molecule has 3 rings (SSSR count). The third-order valence-electron chi connectivity index (χ3n) is 3.93. The van der Waals surface area contributed by atoms with E-state index in [9.17, 15) is 5.11 Å². The van der Waals surface area contributed by atoms with Crippen LogP contribution in [0.4, 0.5) is 11.6 Å². The minimum absolute atomic E-state index is 0.214. The second-order valence-corrected chi connectivity index (χ2v) is 6.13. The van der Waals surface area contributed by atoms with E-state index in [1.165, 1.54) is 12.8 Å². The van der Waals surface area contributed by atoms with E-state index in [0.717, 1.165) is 23.1 Å². The van der Waals surface area contributed by atoms with E-state index in [1.807, 2.05) is 0 Å². The quantitative estimate of drug-likeness (QED) is 0.796. The van der Waals surface area contributed by atoms with Gasteiger partial charge in [-0.15, -0.1) is 0 Å². The molecule has 0 saturated heterocycles. The Balaban J connectivity index is 1.88. The van der Waals surface area contributed by atoms with Gasteiger partial charge >= 0.3 is 0 Å². The van der Waals surface area contributed by atoms with E-state index < -0.39 is 0 Å². The number of nitrogens with two attached hydrogens (primary N) is 1. The van der Waals surface area contributed by atoms with Crippen molar-refractivity contribution in [2.24, 2.45) is 5.92 Å². The monoisotopic (exact) mass is 339 g/mol. The number of nitrogens with one attached hydrogen (secondary N) is 1. The fraction of sp³-hybridized carbons (Fsp3) is 0.538. The van der Waals surface area contributed by atoms with E-state index in [4.69, 9.17) is 5.73 Å². The minimum atomic E-state index is 0.214. The van der Waals surface area contributed by atoms with E-state index in [1.54, 1.807) is 16.8 Å².